The Balaban J connectivity index is 1.79. The molecule has 2 rings (SSSR count). The van der Waals surface area contributed by atoms with Crippen LogP contribution >= 0.6 is 27.5 Å². The van der Waals surface area contributed by atoms with Gasteiger partial charge in [0.15, 0.2) is 0 Å². The van der Waals surface area contributed by atoms with Crippen molar-refractivity contribution in [3.8, 4) is 0 Å². The molecule has 1 aliphatic rings. The lowest BCUT2D eigenvalue weighted by atomic mass is 10.2. The molecule has 1 saturated heterocycles. The summed E-state index contributed by atoms with van der Waals surface area (Å²) in [5.74, 6) is 0. The molecule has 1 aromatic rings. The molecule has 0 aliphatic carbocycles. The van der Waals surface area contributed by atoms with Gasteiger partial charge >= 0.3 is 0 Å². The Morgan fingerprint density at radius 2 is 2.11 bits per heavy atom. The highest BCUT2D eigenvalue weighted by Crippen LogP contribution is 2.21. The van der Waals surface area contributed by atoms with Crippen LogP contribution in [0, 0.1) is 0 Å². The van der Waals surface area contributed by atoms with Crippen molar-refractivity contribution < 1.29 is 0 Å². The highest BCUT2D eigenvalue weighted by atomic mass is 79.9. The van der Waals surface area contributed by atoms with E-state index in [9.17, 15) is 0 Å². The molecule has 0 bridgehead atoms. The Kier molecular flexibility index (Phi) is 5.49. The fraction of sp³-hybridized carbons (Fsp3) is 0.571. The van der Waals surface area contributed by atoms with Gasteiger partial charge in [-0.15, -0.1) is 0 Å². The topological polar surface area (TPSA) is 15.3 Å². The molecule has 1 N–H and O–H groups in total. The van der Waals surface area contributed by atoms with Crippen LogP contribution in [0.1, 0.15) is 25.3 Å². The van der Waals surface area contributed by atoms with Gasteiger partial charge in [-0.05, 0) is 50.6 Å². The van der Waals surface area contributed by atoms with Crippen molar-refractivity contribution >= 4 is 27.5 Å². The molecule has 0 spiro atoms. The van der Waals surface area contributed by atoms with Gasteiger partial charge < -0.3 is 10.2 Å². The van der Waals surface area contributed by atoms with Gasteiger partial charge in [-0.25, -0.2) is 0 Å². The summed E-state index contributed by atoms with van der Waals surface area (Å²) < 4.78 is 1.08. The SMILES string of the molecule is CC(CN1CCCC1)NCc1ccc(Cl)cc1Br. The first-order valence-electron chi connectivity index (χ1n) is 6.55. The molecule has 100 valence electrons. The normalized spacial score (nSPS) is 18.2. The fourth-order valence-corrected chi connectivity index (χ4v) is 3.19. The summed E-state index contributed by atoms with van der Waals surface area (Å²) in [5, 5.41) is 4.35. The van der Waals surface area contributed by atoms with Gasteiger partial charge in [0, 0.05) is 28.6 Å². The summed E-state index contributed by atoms with van der Waals surface area (Å²) in [6.07, 6.45) is 2.71. The third-order valence-electron chi connectivity index (χ3n) is 3.39. The van der Waals surface area contributed by atoms with Gasteiger partial charge in [-0.1, -0.05) is 33.6 Å². The third-order valence-corrected chi connectivity index (χ3v) is 4.36. The van der Waals surface area contributed by atoms with E-state index in [1.807, 2.05) is 12.1 Å². The molecular formula is C14H20BrClN2. The summed E-state index contributed by atoms with van der Waals surface area (Å²) in [4.78, 5) is 2.54. The molecule has 2 nitrogen and oxygen atoms in total. The number of hydrogen-bond acceptors (Lipinski definition) is 2. The average molecular weight is 332 g/mol. The number of hydrogen-bond donors (Lipinski definition) is 1. The van der Waals surface area contributed by atoms with Crippen molar-refractivity contribution in [1.82, 2.24) is 10.2 Å². The van der Waals surface area contributed by atoms with Crippen LogP contribution in [0.3, 0.4) is 0 Å². The zero-order valence-corrected chi connectivity index (χ0v) is 13.1. The molecule has 0 radical (unpaired) electrons. The first kappa shape index (κ1) is 14.3. The smallest absolute Gasteiger partial charge is 0.0417 e. The van der Waals surface area contributed by atoms with Crippen LogP contribution in [0.25, 0.3) is 0 Å². The number of halogens is 2. The second-order valence-electron chi connectivity index (χ2n) is 5.03. The first-order chi connectivity index (χ1) is 8.65. The minimum absolute atomic E-state index is 0.519. The quantitative estimate of drug-likeness (QED) is 0.885. The van der Waals surface area contributed by atoms with Crippen LogP contribution in [-0.2, 0) is 6.54 Å². The molecule has 1 aliphatic heterocycles. The lowest BCUT2D eigenvalue weighted by Crippen LogP contribution is -2.37. The Hall–Kier alpha value is -0.0900. The van der Waals surface area contributed by atoms with E-state index >= 15 is 0 Å². The number of rotatable bonds is 5. The van der Waals surface area contributed by atoms with Crippen LogP contribution < -0.4 is 5.32 Å². The molecule has 1 atom stereocenters. The molecule has 1 unspecified atom stereocenters. The van der Waals surface area contributed by atoms with Gasteiger partial charge in [0.25, 0.3) is 0 Å². The van der Waals surface area contributed by atoms with Crippen LogP contribution in [0.15, 0.2) is 22.7 Å². The van der Waals surface area contributed by atoms with Crippen molar-refractivity contribution in [2.45, 2.75) is 32.4 Å². The second kappa shape index (κ2) is 6.90. The van der Waals surface area contributed by atoms with Crippen molar-refractivity contribution in [2.24, 2.45) is 0 Å². The predicted molar refractivity (Wildman–Crippen MR) is 81.1 cm³/mol. The van der Waals surface area contributed by atoms with Crippen molar-refractivity contribution in [3.63, 3.8) is 0 Å². The molecule has 1 heterocycles. The number of nitrogens with one attached hydrogen (secondary N) is 1. The minimum Gasteiger partial charge on any atom is -0.309 e. The highest BCUT2D eigenvalue weighted by molar-refractivity contribution is 9.10. The van der Waals surface area contributed by atoms with E-state index in [1.54, 1.807) is 0 Å². The maximum Gasteiger partial charge on any atom is 0.0417 e. The number of nitrogens with zero attached hydrogens (tertiary/aromatic N) is 1. The Morgan fingerprint density at radius 1 is 1.39 bits per heavy atom. The molecule has 0 aromatic heterocycles. The summed E-state index contributed by atoms with van der Waals surface area (Å²) in [6, 6.07) is 6.48. The Morgan fingerprint density at radius 3 is 2.78 bits per heavy atom. The molecule has 0 amide bonds. The maximum atomic E-state index is 5.94. The van der Waals surface area contributed by atoms with Gasteiger partial charge in [0.2, 0.25) is 0 Å². The number of likely N-dealkylation sites (tertiary alicyclic amines) is 1. The van der Waals surface area contributed by atoms with E-state index < -0.39 is 0 Å². The standard InChI is InChI=1S/C14H20BrClN2/c1-11(10-18-6-2-3-7-18)17-9-12-4-5-13(16)8-14(12)15/h4-5,8,11,17H,2-3,6-7,9-10H2,1H3. The van der Waals surface area contributed by atoms with Gasteiger partial charge in [-0.3, -0.25) is 0 Å². The fourth-order valence-electron chi connectivity index (χ4n) is 2.37. The molecular weight excluding hydrogens is 312 g/mol. The highest BCUT2D eigenvalue weighted by Gasteiger charge is 2.14. The van der Waals surface area contributed by atoms with E-state index in [-0.39, 0.29) is 0 Å². The van der Waals surface area contributed by atoms with Crippen molar-refractivity contribution in [1.29, 1.82) is 0 Å². The largest absolute Gasteiger partial charge is 0.309 e. The Bertz CT molecular complexity index is 391. The molecule has 0 saturated carbocycles. The summed E-state index contributed by atoms with van der Waals surface area (Å²) in [7, 11) is 0. The summed E-state index contributed by atoms with van der Waals surface area (Å²) >= 11 is 9.49. The van der Waals surface area contributed by atoms with Crippen molar-refractivity contribution in [2.75, 3.05) is 19.6 Å². The van der Waals surface area contributed by atoms with Gasteiger partial charge in [0.05, 0.1) is 0 Å². The van der Waals surface area contributed by atoms with Crippen LogP contribution in [0.2, 0.25) is 5.02 Å². The third kappa shape index (κ3) is 4.23. The molecule has 1 aromatic carbocycles. The molecule has 1 fully saturated rings. The second-order valence-corrected chi connectivity index (χ2v) is 6.32. The molecule has 18 heavy (non-hydrogen) atoms. The van der Waals surface area contributed by atoms with Gasteiger partial charge in [0.1, 0.15) is 0 Å². The molecule has 4 heteroatoms. The lowest BCUT2D eigenvalue weighted by Gasteiger charge is -2.21. The predicted octanol–water partition coefficient (Wildman–Crippen LogP) is 3.68. The summed E-state index contributed by atoms with van der Waals surface area (Å²) in [5.41, 5.74) is 1.26. The zero-order valence-electron chi connectivity index (χ0n) is 10.8. The minimum atomic E-state index is 0.519. The van der Waals surface area contributed by atoms with E-state index in [2.05, 4.69) is 39.1 Å². The first-order valence-corrected chi connectivity index (χ1v) is 7.72. The van der Waals surface area contributed by atoms with E-state index in [0.29, 0.717) is 6.04 Å². The maximum absolute atomic E-state index is 5.94. The van der Waals surface area contributed by atoms with E-state index in [0.717, 1.165) is 22.6 Å². The van der Waals surface area contributed by atoms with E-state index in [1.165, 1.54) is 31.5 Å². The van der Waals surface area contributed by atoms with Crippen LogP contribution in [0.4, 0.5) is 0 Å². The van der Waals surface area contributed by atoms with Gasteiger partial charge in [-0.2, -0.15) is 0 Å². The number of benzene rings is 1. The van der Waals surface area contributed by atoms with Crippen LogP contribution in [-0.4, -0.2) is 30.6 Å². The Labute approximate surface area is 123 Å². The van der Waals surface area contributed by atoms with Crippen LogP contribution in [0.5, 0.6) is 0 Å². The summed E-state index contributed by atoms with van der Waals surface area (Å²) in [6.45, 7) is 6.80. The lowest BCUT2D eigenvalue weighted by molar-refractivity contribution is 0.298. The van der Waals surface area contributed by atoms with E-state index in [4.69, 9.17) is 11.6 Å². The van der Waals surface area contributed by atoms with Crippen molar-refractivity contribution in [3.05, 3.63) is 33.3 Å². The monoisotopic (exact) mass is 330 g/mol. The average Bonchev–Trinajstić information content (AvgIpc) is 2.80. The zero-order chi connectivity index (χ0) is 13.0.